The summed E-state index contributed by atoms with van der Waals surface area (Å²) in [6.45, 7) is 3.89. The van der Waals surface area contributed by atoms with Gasteiger partial charge in [0, 0.05) is 16.2 Å². The maximum absolute atomic E-state index is 5.88. The fraction of sp³-hybridized carbons (Fsp3) is 0.231. The third-order valence-corrected chi connectivity index (χ3v) is 2.91. The number of anilines is 1. The van der Waals surface area contributed by atoms with Crippen LogP contribution in [0.25, 0.3) is 0 Å². The summed E-state index contributed by atoms with van der Waals surface area (Å²) in [4.78, 5) is 8.54. The Morgan fingerprint density at radius 2 is 2.06 bits per heavy atom. The van der Waals surface area contributed by atoms with Gasteiger partial charge >= 0.3 is 0 Å². The van der Waals surface area contributed by atoms with Crippen LogP contribution in [0.1, 0.15) is 18.4 Å². The fourth-order valence-electron chi connectivity index (χ4n) is 1.56. The SMILES string of the molecule is CCc1cc(Oc2ccc(Br)cc2N)nc(C)n1. The van der Waals surface area contributed by atoms with E-state index in [0.717, 1.165) is 16.6 Å². The van der Waals surface area contributed by atoms with Crippen molar-refractivity contribution in [2.24, 2.45) is 0 Å². The molecule has 4 nitrogen and oxygen atoms in total. The molecule has 2 aromatic rings. The Hall–Kier alpha value is -1.62. The summed E-state index contributed by atoms with van der Waals surface area (Å²) < 4.78 is 6.61. The highest BCUT2D eigenvalue weighted by Crippen LogP contribution is 2.29. The number of aromatic nitrogens is 2. The molecule has 0 aliphatic rings. The molecule has 94 valence electrons. The minimum Gasteiger partial charge on any atom is -0.437 e. The Morgan fingerprint density at radius 3 is 2.72 bits per heavy atom. The normalized spacial score (nSPS) is 10.4. The number of halogens is 1. The quantitative estimate of drug-likeness (QED) is 0.882. The third kappa shape index (κ3) is 2.98. The van der Waals surface area contributed by atoms with Crippen LogP contribution >= 0.6 is 15.9 Å². The van der Waals surface area contributed by atoms with E-state index in [1.165, 1.54) is 0 Å². The number of ether oxygens (including phenoxy) is 1. The molecule has 0 spiro atoms. The van der Waals surface area contributed by atoms with Crippen molar-refractivity contribution < 1.29 is 4.74 Å². The fourth-order valence-corrected chi connectivity index (χ4v) is 1.94. The number of nitrogens with zero attached hydrogens (tertiary/aromatic N) is 2. The molecule has 0 fully saturated rings. The lowest BCUT2D eigenvalue weighted by Gasteiger charge is -2.09. The van der Waals surface area contributed by atoms with Crippen molar-refractivity contribution in [3.8, 4) is 11.6 Å². The Labute approximate surface area is 114 Å². The van der Waals surface area contributed by atoms with Gasteiger partial charge in [-0.05, 0) is 31.5 Å². The van der Waals surface area contributed by atoms with Crippen LogP contribution in [-0.2, 0) is 6.42 Å². The lowest BCUT2D eigenvalue weighted by atomic mass is 10.3. The largest absolute Gasteiger partial charge is 0.437 e. The minimum absolute atomic E-state index is 0.522. The van der Waals surface area contributed by atoms with Crippen molar-refractivity contribution in [2.75, 3.05) is 5.73 Å². The topological polar surface area (TPSA) is 61.0 Å². The number of hydrogen-bond acceptors (Lipinski definition) is 4. The molecule has 2 rings (SSSR count). The predicted molar refractivity (Wildman–Crippen MR) is 74.8 cm³/mol. The van der Waals surface area contributed by atoms with E-state index in [4.69, 9.17) is 10.5 Å². The summed E-state index contributed by atoms with van der Waals surface area (Å²) in [7, 11) is 0. The van der Waals surface area contributed by atoms with E-state index in [0.29, 0.717) is 23.1 Å². The first-order chi connectivity index (χ1) is 8.58. The number of nitrogens with two attached hydrogens (primary N) is 1. The Bertz CT molecular complexity index is 572. The predicted octanol–water partition coefficient (Wildman–Crippen LogP) is 3.48. The molecule has 0 amide bonds. The van der Waals surface area contributed by atoms with Gasteiger partial charge in [-0.3, -0.25) is 0 Å². The maximum atomic E-state index is 5.88. The third-order valence-electron chi connectivity index (χ3n) is 2.42. The lowest BCUT2D eigenvalue weighted by molar-refractivity contribution is 0.460. The van der Waals surface area contributed by atoms with Crippen molar-refractivity contribution in [3.05, 3.63) is 40.3 Å². The molecule has 18 heavy (non-hydrogen) atoms. The minimum atomic E-state index is 0.522. The van der Waals surface area contributed by atoms with E-state index in [9.17, 15) is 0 Å². The molecule has 2 N–H and O–H groups in total. The average Bonchev–Trinajstić information content (AvgIpc) is 2.32. The molecule has 1 aromatic heterocycles. The van der Waals surface area contributed by atoms with Crippen LogP contribution in [0, 0.1) is 6.92 Å². The second kappa shape index (κ2) is 5.35. The highest BCUT2D eigenvalue weighted by molar-refractivity contribution is 9.10. The van der Waals surface area contributed by atoms with Crippen LogP contribution in [-0.4, -0.2) is 9.97 Å². The van der Waals surface area contributed by atoms with Crippen LogP contribution in [0.5, 0.6) is 11.6 Å². The smallest absolute Gasteiger partial charge is 0.222 e. The molecule has 0 radical (unpaired) electrons. The van der Waals surface area contributed by atoms with Crippen molar-refractivity contribution >= 4 is 21.6 Å². The first-order valence-corrected chi connectivity index (χ1v) is 6.45. The molecular weight excluding hydrogens is 294 g/mol. The van der Waals surface area contributed by atoms with Crippen LogP contribution in [0.15, 0.2) is 28.7 Å². The first kappa shape index (κ1) is 12.8. The zero-order valence-corrected chi connectivity index (χ0v) is 11.9. The van der Waals surface area contributed by atoms with Crippen molar-refractivity contribution in [2.45, 2.75) is 20.3 Å². The molecule has 0 unspecified atom stereocenters. The van der Waals surface area contributed by atoms with Crippen LogP contribution in [0.3, 0.4) is 0 Å². The van der Waals surface area contributed by atoms with E-state index in [1.54, 1.807) is 6.07 Å². The van der Waals surface area contributed by atoms with Gasteiger partial charge in [-0.1, -0.05) is 22.9 Å². The molecule has 0 saturated heterocycles. The average molecular weight is 308 g/mol. The molecule has 1 aromatic carbocycles. The summed E-state index contributed by atoms with van der Waals surface area (Å²) in [5.41, 5.74) is 7.40. The van der Waals surface area contributed by atoms with Crippen molar-refractivity contribution in [3.63, 3.8) is 0 Å². The van der Waals surface area contributed by atoms with Gasteiger partial charge in [0.25, 0.3) is 0 Å². The Morgan fingerprint density at radius 1 is 1.28 bits per heavy atom. The molecule has 0 bridgehead atoms. The number of benzene rings is 1. The monoisotopic (exact) mass is 307 g/mol. The highest BCUT2D eigenvalue weighted by Gasteiger charge is 2.06. The lowest BCUT2D eigenvalue weighted by Crippen LogP contribution is -1.98. The van der Waals surface area contributed by atoms with E-state index in [-0.39, 0.29) is 0 Å². The van der Waals surface area contributed by atoms with Crippen molar-refractivity contribution in [1.29, 1.82) is 0 Å². The first-order valence-electron chi connectivity index (χ1n) is 5.66. The second-order valence-corrected chi connectivity index (χ2v) is 4.80. The van der Waals surface area contributed by atoms with Gasteiger partial charge in [-0.15, -0.1) is 0 Å². The van der Waals surface area contributed by atoms with Gasteiger partial charge in [0.05, 0.1) is 5.69 Å². The second-order valence-electron chi connectivity index (χ2n) is 3.88. The van der Waals surface area contributed by atoms with E-state index in [2.05, 4.69) is 25.9 Å². The molecule has 1 heterocycles. The van der Waals surface area contributed by atoms with Gasteiger partial charge < -0.3 is 10.5 Å². The van der Waals surface area contributed by atoms with Gasteiger partial charge in [-0.2, -0.15) is 4.98 Å². The van der Waals surface area contributed by atoms with Gasteiger partial charge in [0.15, 0.2) is 5.75 Å². The van der Waals surface area contributed by atoms with Gasteiger partial charge in [0.2, 0.25) is 5.88 Å². The van der Waals surface area contributed by atoms with Crippen LogP contribution in [0.2, 0.25) is 0 Å². The molecule has 0 aliphatic carbocycles. The van der Waals surface area contributed by atoms with Crippen molar-refractivity contribution in [1.82, 2.24) is 9.97 Å². The van der Waals surface area contributed by atoms with Gasteiger partial charge in [0.1, 0.15) is 5.82 Å². The van der Waals surface area contributed by atoms with Crippen LogP contribution in [0.4, 0.5) is 5.69 Å². The number of rotatable bonds is 3. The summed E-state index contributed by atoms with van der Waals surface area (Å²) in [6.07, 6.45) is 0.843. The zero-order chi connectivity index (χ0) is 13.1. The highest BCUT2D eigenvalue weighted by atomic mass is 79.9. The van der Waals surface area contributed by atoms with E-state index >= 15 is 0 Å². The molecule has 0 aliphatic heterocycles. The molecule has 0 atom stereocenters. The number of aryl methyl sites for hydroxylation is 2. The molecular formula is C13H14BrN3O. The standard InChI is InChI=1S/C13H14BrN3O/c1-3-10-7-13(17-8(2)16-10)18-12-5-4-9(14)6-11(12)15/h4-7H,3,15H2,1-2H3. The van der Waals surface area contributed by atoms with Gasteiger partial charge in [-0.25, -0.2) is 4.98 Å². The number of hydrogen-bond donors (Lipinski definition) is 1. The summed E-state index contributed by atoms with van der Waals surface area (Å²) in [5, 5.41) is 0. The zero-order valence-electron chi connectivity index (χ0n) is 10.3. The summed E-state index contributed by atoms with van der Waals surface area (Å²) in [5.74, 6) is 1.81. The van der Waals surface area contributed by atoms with E-state index in [1.807, 2.05) is 32.0 Å². The van der Waals surface area contributed by atoms with Crippen LogP contribution < -0.4 is 10.5 Å². The maximum Gasteiger partial charge on any atom is 0.222 e. The molecule has 0 saturated carbocycles. The Kier molecular flexibility index (Phi) is 3.81. The van der Waals surface area contributed by atoms with E-state index < -0.39 is 0 Å². The Balaban J connectivity index is 2.30. The summed E-state index contributed by atoms with van der Waals surface area (Å²) >= 11 is 3.35. The number of nitrogen functional groups attached to an aromatic ring is 1. The molecule has 5 heteroatoms. The summed E-state index contributed by atoms with van der Waals surface area (Å²) in [6, 6.07) is 7.31.